The number of nitrogens with zero attached hydrogens (tertiary/aromatic N) is 4. The lowest BCUT2D eigenvalue weighted by Crippen LogP contribution is -2.45. The Morgan fingerprint density at radius 1 is 1.03 bits per heavy atom. The number of alkyl halides is 3. The number of carbonyl (C=O) groups excluding carboxylic acids is 1. The Kier molecular flexibility index (Phi) is 6.07. The minimum absolute atomic E-state index is 0.0565. The Morgan fingerprint density at radius 2 is 1.74 bits per heavy atom. The summed E-state index contributed by atoms with van der Waals surface area (Å²) in [7, 11) is 0. The van der Waals surface area contributed by atoms with E-state index in [1.165, 1.54) is 42.6 Å². The van der Waals surface area contributed by atoms with Crippen LogP contribution in [-0.2, 0) is 16.6 Å². The van der Waals surface area contributed by atoms with Crippen LogP contribution in [0.15, 0.2) is 76.0 Å². The van der Waals surface area contributed by atoms with E-state index in [1.807, 2.05) is 0 Å². The normalized spacial score (nSPS) is 14.2. The topological polar surface area (TPSA) is 157 Å². The molecule has 0 spiro atoms. The Hall–Kier alpha value is -4.78. The van der Waals surface area contributed by atoms with Crippen molar-refractivity contribution in [3.05, 3.63) is 83.9 Å². The Bertz CT molecular complexity index is 1560. The number of hydrogen-bond acceptors (Lipinski definition) is 8. The van der Waals surface area contributed by atoms with Gasteiger partial charge in [-0.1, -0.05) is 71.8 Å². The molecule has 0 aliphatic carbocycles. The average Bonchev–Trinajstić information content (AvgIpc) is 3.68. The summed E-state index contributed by atoms with van der Waals surface area (Å²) in [5.41, 5.74) is 2.59. The molecule has 38 heavy (non-hydrogen) atoms. The molecule has 0 bridgehead atoms. The number of aromatic nitrogens is 5. The molecule has 0 saturated heterocycles. The van der Waals surface area contributed by atoms with Gasteiger partial charge in [0, 0.05) is 23.5 Å². The van der Waals surface area contributed by atoms with E-state index in [1.54, 1.807) is 31.3 Å². The fourth-order valence-corrected chi connectivity index (χ4v) is 4.12. The van der Waals surface area contributed by atoms with Gasteiger partial charge in [0.1, 0.15) is 17.1 Å². The number of aromatic amines is 1. The van der Waals surface area contributed by atoms with Crippen molar-refractivity contribution in [1.82, 2.24) is 25.3 Å². The van der Waals surface area contributed by atoms with Crippen LogP contribution in [0.3, 0.4) is 0 Å². The number of imidazole rings is 1. The number of benzene rings is 2. The molecule has 0 saturated carbocycles. The molecule has 0 aliphatic rings. The molecule has 0 aliphatic heterocycles. The van der Waals surface area contributed by atoms with Gasteiger partial charge in [0.15, 0.2) is 5.60 Å². The summed E-state index contributed by atoms with van der Waals surface area (Å²) >= 11 is 0. The van der Waals surface area contributed by atoms with Crippen LogP contribution < -0.4 is 5.73 Å². The molecule has 2 atom stereocenters. The van der Waals surface area contributed by atoms with Crippen molar-refractivity contribution in [2.75, 3.05) is 0 Å². The number of halogens is 3. The lowest BCUT2D eigenvalue weighted by atomic mass is 9.81. The van der Waals surface area contributed by atoms with Gasteiger partial charge in [0.05, 0.1) is 5.92 Å². The first-order valence-electron chi connectivity index (χ1n) is 11.2. The highest BCUT2D eigenvalue weighted by Gasteiger charge is 2.44. The van der Waals surface area contributed by atoms with Crippen LogP contribution in [0.4, 0.5) is 13.2 Å². The van der Waals surface area contributed by atoms with Crippen LogP contribution in [0.5, 0.6) is 0 Å². The molecule has 1 amide bonds. The molecule has 0 radical (unpaired) electrons. The van der Waals surface area contributed by atoms with Gasteiger partial charge in [-0.05, 0) is 5.56 Å². The number of H-pyrrole nitrogens is 1. The minimum Gasteiger partial charge on any atom is -0.375 e. The SMILES string of the molecule is C[C@@H](c1ncc[nH]1)C(O)(C(N)=O)c1ccc(-c2noc(-c3onc(-c4ccccc4)c3C(F)(F)F)n2)cc1. The monoisotopic (exact) mass is 524 g/mol. The number of nitrogens with one attached hydrogen (secondary N) is 1. The molecular weight excluding hydrogens is 505 g/mol. The van der Waals surface area contributed by atoms with E-state index in [9.17, 15) is 23.1 Å². The minimum atomic E-state index is -4.82. The molecule has 4 N–H and O–H groups in total. The van der Waals surface area contributed by atoms with Gasteiger partial charge in [-0.15, -0.1) is 0 Å². The van der Waals surface area contributed by atoms with Crippen molar-refractivity contribution in [1.29, 1.82) is 0 Å². The molecule has 2 aromatic carbocycles. The van der Waals surface area contributed by atoms with E-state index in [-0.39, 0.29) is 17.0 Å². The van der Waals surface area contributed by atoms with Crippen LogP contribution in [0.25, 0.3) is 34.3 Å². The number of hydrogen-bond donors (Lipinski definition) is 3. The van der Waals surface area contributed by atoms with Crippen LogP contribution in [-0.4, -0.2) is 36.3 Å². The van der Waals surface area contributed by atoms with E-state index in [4.69, 9.17) is 14.8 Å². The zero-order chi connectivity index (χ0) is 27.1. The fraction of sp³-hybridized carbons (Fsp3) is 0.160. The summed E-state index contributed by atoms with van der Waals surface area (Å²) in [6.45, 7) is 1.59. The number of amides is 1. The first kappa shape index (κ1) is 24.9. The maximum atomic E-state index is 14.0. The lowest BCUT2D eigenvalue weighted by molar-refractivity contribution is -0.140. The van der Waals surface area contributed by atoms with Gasteiger partial charge in [0.2, 0.25) is 11.6 Å². The van der Waals surface area contributed by atoms with Crippen LogP contribution in [0.2, 0.25) is 0 Å². The number of aliphatic hydroxyl groups is 1. The highest BCUT2D eigenvalue weighted by molar-refractivity contribution is 5.86. The van der Waals surface area contributed by atoms with Gasteiger partial charge >= 0.3 is 6.18 Å². The number of nitrogens with two attached hydrogens (primary N) is 1. The molecule has 3 aromatic heterocycles. The third-order valence-corrected chi connectivity index (χ3v) is 6.16. The van der Waals surface area contributed by atoms with Crippen molar-refractivity contribution in [3.63, 3.8) is 0 Å². The fourth-order valence-electron chi connectivity index (χ4n) is 4.12. The van der Waals surface area contributed by atoms with E-state index in [0.29, 0.717) is 11.4 Å². The summed E-state index contributed by atoms with van der Waals surface area (Å²) in [5.74, 6) is -2.76. The van der Waals surface area contributed by atoms with Crippen LogP contribution in [0.1, 0.15) is 29.8 Å². The molecule has 0 fully saturated rings. The van der Waals surface area contributed by atoms with Crippen LogP contribution >= 0.6 is 0 Å². The maximum absolute atomic E-state index is 14.0. The largest absolute Gasteiger partial charge is 0.422 e. The number of primary amides is 1. The smallest absolute Gasteiger partial charge is 0.375 e. The summed E-state index contributed by atoms with van der Waals surface area (Å²) in [4.78, 5) is 23.3. The zero-order valence-corrected chi connectivity index (χ0v) is 19.6. The summed E-state index contributed by atoms with van der Waals surface area (Å²) in [6.07, 6.45) is -1.79. The van der Waals surface area contributed by atoms with Gasteiger partial charge in [0.25, 0.3) is 11.8 Å². The third kappa shape index (κ3) is 4.22. The highest BCUT2D eigenvalue weighted by atomic mass is 19.4. The van der Waals surface area contributed by atoms with Crippen molar-refractivity contribution in [2.45, 2.75) is 24.6 Å². The molecule has 10 nitrogen and oxygen atoms in total. The van der Waals surface area contributed by atoms with Crippen LogP contribution in [0, 0.1) is 0 Å². The van der Waals surface area contributed by atoms with E-state index >= 15 is 0 Å². The summed E-state index contributed by atoms with van der Waals surface area (Å²) in [6, 6.07) is 13.5. The molecule has 3 heterocycles. The molecule has 5 rings (SSSR count). The Balaban J connectivity index is 1.48. The maximum Gasteiger partial charge on any atom is 0.422 e. The van der Waals surface area contributed by atoms with E-state index < -0.39 is 46.5 Å². The highest BCUT2D eigenvalue weighted by Crippen LogP contribution is 2.43. The summed E-state index contributed by atoms with van der Waals surface area (Å²) in [5, 5.41) is 18.6. The Morgan fingerprint density at radius 3 is 2.34 bits per heavy atom. The standard InChI is InChI=1S/C25H19F3N6O4/c1-13(20-30-11-12-31-20)24(36,23(29)35)16-9-7-15(8-10-16)21-32-22(38-34-21)19-17(25(26,27)28)18(33-37-19)14-5-3-2-4-6-14/h2-13,36H,1H3,(H2,29,35)(H,30,31)/t13-,24?/m0/s1. The molecule has 194 valence electrons. The summed E-state index contributed by atoms with van der Waals surface area (Å²) < 4.78 is 52.0. The number of rotatable bonds is 7. The first-order valence-corrected chi connectivity index (χ1v) is 11.2. The van der Waals surface area contributed by atoms with E-state index in [0.717, 1.165) is 0 Å². The second kappa shape index (κ2) is 9.27. The number of carbonyl (C=O) groups is 1. The predicted octanol–water partition coefficient (Wildman–Crippen LogP) is 4.28. The average molecular weight is 524 g/mol. The predicted molar refractivity (Wildman–Crippen MR) is 126 cm³/mol. The molecule has 5 aromatic rings. The van der Waals surface area contributed by atoms with Gasteiger partial charge in [-0.2, -0.15) is 18.2 Å². The van der Waals surface area contributed by atoms with Crippen molar-refractivity contribution >= 4 is 5.91 Å². The van der Waals surface area contributed by atoms with Gasteiger partial charge < -0.3 is 24.9 Å². The lowest BCUT2D eigenvalue weighted by Gasteiger charge is -2.30. The van der Waals surface area contributed by atoms with Crippen molar-refractivity contribution in [2.24, 2.45) is 5.73 Å². The zero-order valence-electron chi connectivity index (χ0n) is 19.6. The first-order chi connectivity index (χ1) is 18.1. The second-order valence-corrected chi connectivity index (χ2v) is 8.43. The second-order valence-electron chi connectivity index (χ2n) is 8.43. The quantitative estimate of drug-likeness (QED) is 0.285. The van der Waals surface area contributed by atoms with Crippen molar-refractivity contribution < 1.29 is 32.1 Å². The van der Waals surface area contributed by atoms with Crippen molar-refractivity contribution in [3.8, 4) is 34.3 Å². The third-order valence-electron chi connectivity index (χ3n) is 6.16. The molecule has 1 unspecified atom stereocenters. The Labute approximate surface area is 212 Å². The molecule has 13 heteroatoms. The van der Waals surface area contributed by atoms with Gasteiger partial charge in [-0.3, -0.25) is 4.79 Å². The molecular formula is C25H19F3N6O4. The van der Waals surface area contributed by atoms with E-state index in [2.05, 4.69) is 25.3 Å². The van der Waals surface area contributed by atoms with Gasteiger partial charge in [-0.25, -0.2) is 4.98 Å².